The van der Waals surface area contributed by atoms with Crippen molar-refractivity contribution in [1.82, 2.24) is 0 Å². The van der Waals surface area contributed by atoms with Gasteiger partial charge in [-0.2, -0.15) is 0 Å². The Hall–Kier alpha value is -0.120. The summed E-state index contributed by atoms with van der Waals surface area (Å²) in [5.74, 6) is 0.636. The monoisotopic (exact) mass is 159 g/mol. The zero-order chi connectivity index (χ0) is 8.10. The van der Waals surface area contributed by atoms with Crippen molar-refractivity contribution in [2.45, 2.75) is 25.3 Å². The van der Waals surface area contributed by atoms with Gasteiger partial charge in [0.1, 0.15) is 0 Å². The van der Waals surface area contributed by atoms with Crippen molar-refractivity contribution in [2.75, 3.05) is 19.8 Å². The van der Waals surface area contributed by atoms with Gasteiger partial charge in [0.15, 0.2) is 0 Å². The van der Waals surface area contributed by atoms with Crippen molar-refractivity contribution in [3.05, 3.63) is 0 Å². The van der Waals surface area contributed by atoms with Crippen LogP contribution in [0, 0.1) is 5.92 Å². The summed E-state index contributed by atoms with van der Waals surface area (Å²) in [5.41, 5.74) is 5.75. The summed E-state index contributed by atoms with van der Waals surface area (Å²) >= 11 is 0. The van der Waals surface area contributed by atoms with Gasteiger partial charge in [0.25, 0.3) is 0 Å². The lowest BCUT2D eigenvalue weighted by molar-refractivity contribution is 0.180. The Kier molecular flexibility index (Phi) is 3.83. The fourth-order valence-electron chi connectivity index (χ4n) is 1.48. The lowest BCUT2D eigenvalue weighted by Crippen LogP contribution is -2.24. The molecule has 0 amide bonds. The first kappa shape index (κ1) is 8.97. The zero-order valence-electron chi connectivity index (χ0n) is 6.83. The minimum atomic E-state index is 0.159. The molecule has 0 aromatic heterocycles. The van der Waals surface area contributed by atoms with Crippen LogP contribution >= 0.6 is 0 Å². The van der Waals surface area contributed by atoms with Crippen LogP contribution in [0.25, 0.3) is 0 Å². The fraction of sp³-hybridized carbons (Fsp3) is 1.00. The van der Waals surface area contributed by atoms with Gasteiger partial charge in [0.2, 0.25) is 0 Å². The van der Waals surface area contributed by atoms with Gasteiger partial charge in [0.05, 0.1) is 0 Å². The zero-order valence-corrected chi connectivity index (χ0v) is 6.83. The number of aliphatic hydroxyl groups is 1. The third-order valence-corrected chi connectivity index (χ3v) is 2.16. The van der Waals surface area contributed by atoms with Gasteiger partial charge in [-0.3, -0.25) is 0 Å². The maximum atomic E-state index is 8.60. The Balaban J connectivity index is 2.08. The molecule has 0 spiro atoms. The number of hydrogen-bond donors (Lipinski definition) is 2. The quantitative estimate of drug-likeness (QED) is 0.612. The van der Waals surface area contributed by atoms with E-state index in [9.17, 15) is 0 Å². The molecule has 0 radical (unpaired) electrons. The molecular weight excluding hydrogens is 142 g/mol. The number of hydrogen-bond acceptors (Lipinski definition) is 3. The highest BCUT2D eigenvalue weighted by molar-refractivity contribution is 4.71. The lowest BCUT2D eigenvalue weighted by atomic mass is 9.98. The summed E-state index contributed by atoms with van der Waals surface area (Å²) in [7, 11) is 0. The van der Waals surface area contributed by atoms with Crippen LogP contribution in [-0.4, -0.2) is 31.0 Å². The van der Waals surface area contributed by atoms with E-state index < -0.39 is 0 Å². The van der Waals surface area contributed by atoms with E-state index in [-0.39, 0.29) is 12.6 Å². The van der Waals surface area contributed by atoms with Gasteiger partial charge in [-0.25, -0.2) is 0 Å². The van der Waals surface area contributed by atoms with E-state index >= 15 is 0 Å². The lowest BCUT2D eigenvalue weighted by Gasteiger charge is -2.13. The van der Waals surface area contributed by atoms with Crippen LogP contribution in [-0.2, 0) is 4.74 Å². The van der Waals surface area contributed by atoms with Crippen LogP contribution in [0.4, 0.5) is 0 Å². The van der Waals surface area contributed by atoms with Crippen molar-refractivity contribution >= 4 is 0 Å². The van der Waals surface area contributed by atoms with Gasteiger partial charge in [-0.1, -0.05) is 0 Å². The third kappa shape index (κ3) is 3.18. The Bertz CT molecular complexity index is 102. The first-order valence-corrected chi connectivity index (χ1v) is 4.27. The van der Waals surface area contributed by atoms with Crippen molar-refractivity contribution in [1.29, 1.82) is 0 Å². The van der Waals surface area contributed by atoms with E-state index in [0.717, 1.165) is 32.5 Å². The van der Waals surface area contributed by atoms with E-state index in [1.54, 1.807) is 0 Å². The first-order valence-electron chi connectivity index (χ1n) is 4.27. The van der Waals surface area contributed by atoms with Crippen LogP contribution in [0.3, 0.4) is 0 Å². The van der Waals surface area contributed by atoms with Crippen LogP contribution in [0.1, 0.15) is 19.3 Å². The minimum absolute atomic E-state index is 0.159. The number of nitrogens with two attached hydrogens (primary N) is 1. The van der Waals surface area contributed by atoms with Crippen molar-refractivity contribution in [3.8, 4) is 0 Å². The largest absolute Gasteiger partial charge is 0.396 e. The van der Waals surface area contributed by atoms with Crippen molar-refractivity contribution in [3.63, 3.8) is 0 Å². The van der Waals surface area contributed by atoms with E-state index in [1.807, 2.05) is 0 Å². The predicted octanol–water partition coefficient (Wildman–Crippen LogP) is 0.123. The minimum Gasteiger partial charge on any atom is -0.396 e. The summed E-state index contributed by atoms with van der Waals surface area (Å²) in [6.07, 6.45) is 2.86. The Labute approximate surface area is 67.5 Å². The van der Waals surface area contributed by atoms with Crippen molar-refractivity contribution < 1.29 is 9.84 Å². The van der Waals surface area contributed by atoms with Gasteiger partial charge in [-0.05, 0) is 25.2 Å². The molecule has 0 bridgehead atoms. The molecule has 1 fully saturated rings. The third-order valence-electron chi connectivity index (χ3n) is 2.16. The molecular formula is C8H17NO2. The summed E-state index contributed by atoms with van der Waals surface area (Å²) in [6, 6.07) is 0.159. The highest BCUT2D eigenvalue weighted by Gasteiger charge is 2.17. The molecule has 0 aliphatic carbocycles. The maximum absolute atomic E-state index is 8.60. The maximum Gasteiger partial charge on any atom is 0.0495 e. The average molecular weight is 159 g/mol. The molecule has 1 heterocycles. The molecule has 2 unspecified atom stereocenters. The molecule has 0 saturated carbocycles. The standard InChI is InChI=1S/C8H17NO2/c9-8(1-3-10)5-7-2-4-11-6-7/h7-8,10H,1-6,9H2. The molecule has 11 heavy (non-hydrogen) atoms. The molecule has 1 aliphatic rings. The molecule has 3 N–H and O–H groups in total. The predicted molar refractivity (Wildman–Crippen MR) is 43.2 cm³/mol. The van der Waals surface area contributed by atoms with Gasteiger partial charge in [0, 0.05) is 25.9 Å². The second-order valence-corrected chi connectivity index (χ2v) is 3.24. The molecule has 0 aromatic carbocycles. The highest BCUT2D eigenvalue weighted by Crippen LogP contribution is 2.18. The van der Waals surface area contributed by atoms with Crippen LogP contribution in [0.5, 0.6) is 0 Å². The second kappa shape index (κ2) is 4.70. The first-order chi connectivity index (χ1) is 5.33. The Morgan fingerprint density at radius 3 is 3.00 bits per heavy atom. The molecule has 0 aromatic rings. The summed E-state index contributed by atoms with van der Waals surface area (Å²) in [5, 5.41) is 8.60. The second-order valence-electron chi connectivity index (χ2n) is 3.24. The van der Waals surface area contributed by atoms with Crippen LogP contribution in [0.2, 0.25) is 0 Å². The van der Waals surface area contributed by atoms with Crippen LogP contribution < -0.4 is 5.73 Å². The SMILES string of the molecule is NC(CCO)CC1CCOC1. The van der Waals surface area contributed by atoms with E-state index in [1.165, 1.54) is 0 Å². The smallest absolute Gasteiger partial charge is 0.0495 e. The summed E-state index contributed by atoms with van der Waals surface area (Å²) in [6.45, 7) is 1.95. The molecule has 1 saturated heterocycles. The van der Waals surface area contributed by atoms with Crippen molar-refractivity contribution in [2.24, 2.45) is 11.7 Å². The van der Waals surface area contributed by atoms with Gasteiger partial charge in [-0.15, -0.1) is 0 Å². The summed E-state index contributed by atoms with van der Waals surface area (Å²) < 4.78 is 5.22. The van der Waals surface area contributed by atoms with E-state index in [2.05, 4.69) is 0 Å². The normalized spacial score (nSPS) is 27.3. The van der Waals surface area contributed by atoms with Gasteiger partial charge < -0.3 is 15.6 Å². The Morgan fingerprint density at radius 2 is 2.45 bits per heavy atom. The topological polar surface area (TPSA) is 55.5 Å². The highest BCUT2D eigenvalue weighted by atomic mass is 16.5. The Morgan fingerprint density at radius 1 is 1.64 bits per heavy atom. The van der Waals surface area contributed by atoms with Gasteiger partial charge >= 0.3 is 0 Å². The molecule has 2 atom stereocenters. The number of aliphatic hydroxyl groups excluding tert-OH is 1. The molecule has 3 nitrogen and oxygen atoms in total. The fourth-order valence-corrected chi connectivity index (χ4v) is 1.48. The average Bonchev–Trinajstić information content (AvgIpc) is 2.40. The number of ether oxygens (including phenoxy) is 1. The molecule has 3 heteroatoms. The van der Waals surface area contributed by atoms with Crippen LogP contribution in [0.15, 0.2) is 0 Å². The molecule has 1 rings (SSSR count). The summed E-state index contributed by atoms with van der Waals surface area (Å²) in [4.78, 5) is 0. The molecule has 66 valence electrons. The number of rotatable bonds is 4. The van der Waals surface area contributed by atoms with E-state index in [4.69, 9.17) is 15.6 Å². The van der Waals surface area contributed by atoms with E-state index in [0.29, 0.717) is 5.92 Å². The molecule has 1 aliphatic heterocycles.